The van der Waals surface area contributed by atoms with Gasteiger partial charge in [0.05, 0.1) is 0 Å². The zero-order chi connectivity index (χ0) is 17.9. The van der Waals surface area contributed by atoms with Crippen molar-refractivity contribution in [2.24, 2.45) is 5.41 Å². The summed E-state index contributed by atoms with van der Waals surface area (Å²) < 4.78 is 0. The fraction of sp³-hybridized carbons (Fsp3) is 0.917. The van der Waals surface area contributed by atoms with Gasteiger partial charge in [-0.3, -0.25) is 0 Å². The molecule has 0 saturated heterocycles. The van der Waals surface area contributed by atoms with Crippen LogP contribution in [-0.4, -0.2) is 0 Å². The van der Waals surface area contributed by atoms with Gasteiger partial charge in [-0.2, -0.15) is 0 Å². The second-order valence-electron chi connectivity index (χ2n) is 8.56. The van der Waals surface area contributed by atoms with Crippen molar-refractivity contribution in [3.8, 4) is 0 Å². The Hall–Kier alpha value is -0.260. The predicted octanol–water partition coefficient (Wildman–Crippen LogP) is 9.24. The van der Waals surface area contributed by atoms with Gasteiger partial charge in [0, 0.05) is 0 Å². The van der Waals surface area contributed by atoms with Crippen molar-refractivity contribution in [2.45, 2.75) is 137 Å². The lowest BCUT2D eigenvalue weighted by molar-refractivity contribution is 0.307. The third kappa shape index (κ3) is 18.1. The van der Waals surface area contributed by atoms with E-state index in [9.17, 15) is 0 Å². The van der Waals surface area contributed by atoms with Gasteiger partial charge in [0.25, 0.3) is 0 Å². The normalized spacial score (nSPS) is 12.3. The Bertz CT molecular complexity index is 261. The van der Waals surface area contributed by atoms with Gasteiger partial charge in [-0.05, 0) is 37.5 Å². The van der Waals surface area contributed by atoms with Crippen LogP contribution in [0.3, 0.4) is 0 Å². The standard InChI is InChI=1S/C24H48/c1-5-7-8-9-10-11-12-13-14-15-16-17-18-19-20-21-22-23-24(3,4)6-2/h10-11H,5-9,12-23H2,1-4H3. The minimum atomic E-state index is 0.574. The molecule has 0 aliphatic heterocycles. The van der Waals surface area contributed by atoms with E-state index in [1.165, 1.54) is 109 Å². The summed E-state index contributed by atoms with van der Waals surface area (Å²) in [6.07, 6.45) is 28.8. The second kappa shape index (κ2) is 17.6. The van der Waals surface area contributed by atoms with Gasteiger partial charge < -0.3 is 0 Å². The molecule has 144 valence electrons. The van der Waals surface area contributed by atoms with E-state index in [2.05, 4.69) is 39.8 Å². The van der Waals surface area contributed by atoms with Crippen LogP contribution in [0, 0.1) is 5.41 Å². The monoisotopic (exact) mass is 336 g/mol. The van der Waals surface area contributed by atoms with E-state index in [1.807, 2.05) is 0 Å². The molecule has 0 fully saturated rings. The van der Waals surface area contributed by atoms with Gasteiger partial charge in [0.15, 0.2) is 0 Å². The van der Waals surface area contributed by atoms with Crippen LogP contribution in [0.1, 0.15) is 137 Å². The van der Waals surface area contributed by atoms with Crippen molar-refractivity contribution in [1.82, 2.24) is 0 Å². The van der Waals surface area contributed by atoms with Crippen molar-refractivity contribution in [2.75, 3.05) is 0 Å². The molecule has 0 atom stereocenters. The van der Waals surface area contributed by atoms with E-state index >= 15 is 0 Å². The van der Waals surface area contributed by atoms with Gasteiger partial charge in [-0.1, -0.05) is 117 Å². The summed E-state index contributed by atoms with van der Waals surface area (Å²) in [7, 11) is 0. The first-order valence-electron chi connectivity index (χ1n) is 11.3. The minimum absolute atomic E-state index is 0.574. The summed E-state index contributed by atoms with van der Waals surface area (Å²) in [4.78, 5) is 0. The van der Waals surface area contributed by atoms with Crippen molar-refractivity contribution in [3.63, 3.8) is 0 Å². The van der Waals surface area contributed by atoms with Crippen LogP contribution < -0.4 is 0 Å². The van der Waals surface area contributed by atoms with Crippen LogP contribution in [0.4, 0.5) is 0 Å². The molecule has 0 radical (unpaired) electrons. The molecule has 0 aliphatic rings. The fourth-order valence-corrected chi connectivity index (χ4v) is 3.20. The van der Waals surface area contributed by atoms with E-state index in [1.54, 1.807) is 0 Å². The number of rotatable bonds is 18. The average molecular weight is 337 g/mol. The summed E-state index contributed by atoms with van der Waals surface area (Å²) >= 11 is 0. The summed E-state index contributed by atoms with van der Waals surface area (Å²) in [6, 6.07) is 0. The first-order valence-corrected chi connectivity index (χ1v) is 11.3. The van der Waals surface area contributed by atoms with Gasteiger partial charge in [-0.25, -0.2) is 0 Å². The zero-order valence-corrected chi connectivity index (χ0v) is 17.7. The van der Waals surface area contributed by atoms with Crippen molar-refractivity contribution in [3.05, 3.63) is 12.2 Å². The fourth-order valence-electron chi connectivity index (χ4n) is 3.20. The number of allylic oxidation sites excluding steroid dienone is 2. The lowest BCUT2D eigenvalue weighted by atomic mass is 9.84. The highest BCUT2D eigenvalue weighted by Crippen LogP contribution is 2.27. The highest BCUT2D eigenvalue weighted by Gasteiger charge is 2.13. The summed E-state index contributed by atoms with van der Waals surface area (Å²) in [5, 5.41) is 0. The van der Waals surface area contributed by atoms with Crippen LogP contribution in [0.15, 0.2) is 12.2 Å². The third-order valence-electron chi connectivity index (χ3n) is 5.57. The van der Waals surface area contributed by atoms with Gasteiger partial charge in [-0.15, -0.1) is 0 Å². The lowest BCUT2D eigenvalue weighted by Gasteiger charge is -2.22. The van der Waals surface area contributed by atoms with E-state index in [-0.39, 0.29) is 0 Å². The molecular formula is C24H48. The average Bonchev–Trinajstić information content (AvgIpc) is 2.57. The predicted molar refractivity (Wildman–Crippen MR) is 113 cm³/mol. The molecule has 0 aromatic heterocycles. The van der Waals surface area contributed by atoms with Crippen molar-refractivity contribution in [1.29, 1.82) is 0 Å². The van der Waals surface area contributed by atoms with Crippen molar-refractivity contribution < 1.29 is 0 Å². The Kier molecular flexibility index (Phi) is 17.4. The summed E-state index contributed by atoms with van der Waals surface area (Å²) in [5.74, 6) is 0. The minimum Gasteiger partial charge on any atom is -0.0885 e. The molecule has 0 N–H and O–H groups in total. The molecule has 24 heavy (non-hydrogen) atoms. The molecule has 0 saturated carbocycles. The number of hydrogen-bond acceptors (Lipinski definition) is 0. The SMILES string of the molecule is CCCCCC=CCCCCCCCCCCCCC(C)(C)CC. The maximum absolute atomic E-state index is 2.41. The highest BCUT2D eigenvalue weighted by molar-refractivity contribution is 4.81. The van der Waals surface area contributed by atoms with Crippen LogP contribution in [-0.2, 0) is 0 Å². The molecule has 0 heterocycles. The Morgan fingerprint density at radius 2 is 0.958 bits per heavy atom. The quantitative estimate of drug-likeness (QED) is 0.173. The largest absolute Gasteiger partial charge is 0.0885 e. The Balaban J connectivity index is 3.13. The Labute approximate surface area is 154 Å². The molecule has 0 heteroatoms. The van der Waals surface area contributed by atoms with Crippen LogP contribution >= 0.6 is 0 Å². The maximum Gasteiger partial charge on any atom is -0.0351 e. The lowest BCUT2D eigenvalue weighted by Crippen LogP contribution is -2.08. The third-order valence-corrected chi connectivity index (χ3v) is 5.57. The molecule has 0 nitrogen and oxygen atoms in total. The zero-order valence-electron chi connectivity index (χ0n) is 17.7. The van der Waals surface area contributed by atoms with E-state index in [0.717, 1.165) is 0 Å². The Morgan fingerprint density at radius 3 is 1.42 bits per heavy atom. The number of hydrogen-bond donors (Lipinski definition) is 0. The van der Waals surface area contributed by atoms with Crippen LogP contribution in [0.2, 0.25) is 0 Å². The summed E-state index contributed by atoms with van der Waals surface area (Å²) in [6.45, 7) is 9.42. The molecular weight excluding hydrogens is 288 g/mol. The van der Waals surface area contributed by atoms with Crippen LogP contribution in [0.5, 0.6) is 0 Å². The topological polar surface area (TPSA) is 0 Å². The highest BCUT2D eigenvalue weighted by atomic mass is 14.2. The smallest absolute Gasteiger partial charge is 0.0351 e. The molecule has 0 rings (SSSR count). The molecule has 0 bridgehead atoms. The van der Waals surface area contributed by atoms with E-state index < -0.39 is 0 Å². The van der Waals surface area contributed by atoms with Gasteiger partial charge in [0.1, 0.15) is 0 Å². The first kappa shape index (κ1) is 23.7. The van der Waals surface area contributed by atoms with Gasteiger partial charge in [0.2, 0.25) is 0 Å². The number of unbranched alkanes of at least 4 members (excludes halogenated alkanes) is 13. The van der Waals surface area contributed by atoms with E-state index in [4.69, 9.17) is 0 Å². The second-order valence-corrected chi connectivity index (χ2v) is 8.56. The molecule has 0 aromatic carbocycles. The molecule has 0 aromatic rings. The molecule has 0 amide bonds. The molecule has 0 unspecified atom stereocenters. The summed E-state index contributed by atoms with van der Waals surface area (Å²) in [5.41, 5.74) is 0.574. The Morgan fingerprint density at radius 1 is 0.542 bits per heavy atom. The van der Waals surface area contributed by atoms with Gasteiger partial charge >= 0.3 is 0 Å². The van der Waals surface area contributed by atoms with Crippen molar-refractivity contribution >= 4 is 0 Å². The molecule has 0 spiro atoms. The first-order chi connectivity index (χ1) is 11.6. The maximum atomic E-state index is 2.41. The van der Waals surface area contributed by atoms with Crippen LogP contribution in [0.25, 0.3) is 0 Å². The molecule has 0 aliphatic carbocycles. The van der Waals surface area contributed by atoms with E-state index in [0.29, 0.717) is 5.41 Å².